The van der Waals surface area contributed by atoms with Crippen LogP contribution in [0.4, 0.5) is 4.79 Å². The van der Waals surface area contributed by atoms with E-state index in [4.69, 9.17) is 4.74 Å². The van der Waals surface area contributed by atoms with Crippen molar-refractivity contribution in [3.63, 3.8) is 0 Å². The molecule has 6 nitrogen and oxygen atoms in total. The predicted octanol–water partition coefficient (Wildman–Crippen LogP) is 1.98. The summed E-state index contributed by atoms with van der Waals surface area (Å²) in [5.74, 6) is -0.752. The zero-order valence-corrected chi connectivity index (χ0v) is 13.2. The highest BCUT2D eigenvalue weighted by Crippen LogP contribution is 2.20. The van der Waals surface area contributed by atoms with Crippen molar-refractivity contribution in [2.75, 3.05) is 13.6 Å². The SMILES string of the molecule is CN(CCc1cccc2c1C(=O)NC2=O)C(=O)OC(C)(C)C. The van der Waals surface area contributed by atoms with Gasteiger partial charge < -0.3 is 9.64 Å². The molecule has 22 heavy (non-hydrogen) atoms. The summed E-state index contributed by atoms with van der Waals surface area (Å²) in [6, 6.07) is 5.15. The average molecular weight is 304 g/mol. The number of nitrogens with zero attached hydrogens (tertiary/aromatic N) is 1. The van der Waals surface area contributed by atoms with Crippen LogP contribution in [0.1, 0.15) is 47.1 Å². The zero-order chi connectivity index (χ0) is 16.5. The summed E-state index contributed by atoms with van der Waals surface area (Å²) in [4.78, 5) is 36.8. The summed E-state index contributed by atoms with van der Waals surface area (Å²) in [5.41, 5.74) is 0.995. The number of likely N-dealkylation sites (N-methyl/N-ethyl adjacent to an activating group) is 1. The highest BCUT2D eigenvalue weighted by molar-refractivity contribution is 6.22. The molecule has 0 spiro atoms. The molecule has 0 saturated carbocycles. The minimum atomic E-state index is -0.550. The van der Waals surface area contributed by atoms with E-state index >= 15 is 0 Å². The topological polar surface area (TPSA) is 75.7 Å². The molecular weight excluding hydrogens is 284 g/mol. The van der Waals surface area contributed by atoms with E-state index in [0.717, 1.165) is 5.56 Å². The van der Waals surface area contributed by atoms with Gasteiger partial charge in [0.15, 0.2) is 0 Å². The number of carbonyl (C=O) groups is 3. The molecule has 1 aromatic rings. The van der Waals surface area contributed by atoms with Crippen molar-refractivity contribution in [2.45, 2.75) is 32.8 Å². The molecule has 0 bridgehead atoms. The van der Waals surface area contributed by atoms with Crippen molar-refractivity contribution >= 4 is 17.9 Å². The molecule has 1 aromatic carbocycles. The molecule has 1 N–H and O–H groups in total. The molecule has 1 heterocycles. The number of amides is 3. The van der Waals surface area contributed by atoms with E-state index < -0.39 is 11.7 Å². The van der Waals surface area contributed by atoms with Gasteiger partial charge in [-0.3, -0.25) is 14.9 Å². The molecule has 1 aliphatic heterocycles. The summed E-state index contributed by atoms with van der Waals surface area (Å²) in [5, 5.41) is 2.28. The van der Waals surface area contributed by atoms with Crippen molar-refractivity contribution in [2.24, 2.45) is 0 Å². The Morgan fingerprint density at radius 3 is 2.55 bits per heavy atom. The Bertz CT molecular complexity index is 632. The lowest BCUT2D eigenvalue weighted by Gasteiger charge is -2.24. The minimum absolute atomic E-state index is 0.373. The summed E-state index contributed by atoms with van der Waals surface area (Å²) < 4.78 is 5.27. The second-order valence-corrected chi connectivity index (χ2v) is 6.27. The lowest BCUT2D eigenvalue weighted by atomic mass is 10.0. The molecular formula is C16H20N2O4. The maximum Gasteiger partial charge on any atom is 0.410 e. The van der Waals surface area contributed by atoms with E-state index in [2.05, 4.69) is 5.32 Å². The van der Waals surface area contributed by atoms with Gasteiger partial charge in [0.25, 0.3) is 11.8 Å². The zero-order valence-electron chi connectivity index (χ0n) is 13.2. The molecule has 2 rings (SSSR count). The number of hydrogen-bond acceptors (Lipinski definition) is 4. The molecule has 6 heteroatoms. The number of benzene rings is 1. The van der Waals surface area contributed by atoms with Crippen LogP contribution in [0, 0.1) is 0 Å². The molecule has 0 saturated heterocycles. The first-order chi connectivity index (χ1) is 10.2. The molecule has 0 fully saturated rings. The van der Waals surface area contributed by atoms with Gasteiger partial charge in [-0.25, -0.2) is 4.79 Å². The third kappa shape index (κ3) is 3.44. The summed E-state index contributed by atoms with van der Waals surface area (Å²) >= 11 is 0. The van der Waals surface area contributed by atoms with Crippen LogP contribution in [-0.2, 0) is 11.2 Å². The molecule has 0 aromatic heterocycles. The standard InChI is InChI=1S/C16H20N2O4/c1-16(2,3)22-15(21)18(4)9-8-10-6-5-7-11-12(10)14(20)17-13(11)19/h5-7H,8-9H2,1-4H3,(H,17,19,20). The molecule has 0 atom stereocenters. The van der Waals surface area contributed by atoms with Crippen LogP contribution in [0.3, 0.4) is 0 Å². The monoisotopic (exact) mass is 304 g/mol. The first kappa shape index (κ1) is 16.0. The second-order valence-electron chi connectivity index (χ2n) is 6.27. The Balaban J connectivity index is 2.06. The van der Waals surface area contributed by atoms with Gasteiger partial charge in [0.1, 0.15) is 5.60 Å². The van der Waals surface area contributed by atoms with E-state index in [1.807, 2.05) is 0 Å². The Morgan fingerprint density at radius 2 is 1.91 bits per heavy atom. The molecule has 118 valence electrons. The molecule has 0 unspecified atom stereocenters. The van der Waals surface area contributed by atoms with Crippen LogP contribution in [-0.4, -0.2) is 42.0 Å². The highest BCUT2D eigenvalue weighted by Gasteiger charge is 2.29. The number of fused-ring (bicyclic) bond motifs is 1. The number of imide groups is 1. The summed E-state index contributed by atoms with van der Waals surface area (Å²) in [7, 11) is 1.64. The second kappa shape index (κ2) is 5.79. The fraction of sp³-hybridized carbons (Fsp3) is 0.438. The van der Waals surface area contributed by atoms with Crippen molar-refractivity contribution < 1.29 is 19.1 Å². The van der Waals surface area contributed by atoms with Gasteiger partial charge in [-0.1, -0.05) is 12.1 Å². The number of hydrogen-bond donors (Lipinski definition) is 1. The normalized spacial score (nSPS) is 13.6. The van der Waals surface area contributed by atoms with Crippen molar-refractivity contribution in [1.29, 1.82) is 0 Å². The van der Waals surface area contributed by atoms with Crippen LogP contribution in [0.15, 0.2) is 18.2 Å². The third-order valence-electron chi connectivity index (χ3n) is 3.27. The third-order valence-corrected chi connectivity index (χ3v) is 3.27. The van der Waals surface area contributed by atoms with Crippen molar-refractivity contribution in [3.05, 3.63) is 34.9 Å². The number of nitrogens with one attached hydrogen (secondary N) is 1. The Kier molecular flexibility index (Phi) is 4.21. The van der Waals surface area contributed by atoms with E-state index in [0.29, 0.717) is 24.1 Å². The lowest BCUT2D eigenvalue weighted by Crippen LogP contribution is -2.35. The van der Waals surface area contributed by atoms with Crippen molar-refractivity contribution in [3.8, 4) is 0 Å². The number of carbonyl (C=O) groups excluding carboxylic acids is 3. The van der Waals surface area contributed by atoms with Gasteiger partial charge in [0.05, 0.1) is 11.1 Å². The van der Waals surface area contributed by atoms with Crippen LogP contribution >= 0.6 is 0 Å². The Labute approximate surface area is 129 Å². The molecule has 3 amide bonds. The number of rotatable bonds is 3. The highest BCUT2D eigenvalue weighted by atomic mass is 16.6. The van der Waals surface area contributed by atoms with Crippen LogP contribution < -0.4 is 5.32 Å². The summed E-state index contributed by atoms with van der Waals surface area (Å²) in [6.45, 7) is 5.81. The largest absolute Gasteiger partial charge is 0.444 e. The molecule has 0 aliphatic carbocycles. The summed E-state index contributed by atoms with van der Waals surface area (Å²) in [6.07, 6.45) is 0.0557. The van der Waals surface area contributed by atoms with Gasteiger partial charge in [-0.2, -0.15) is 0 Å². The van der Waals surface area contributed by atoms with E-state index in [-0.39, 0.29) is 11.8 Å². The maximum absolute atomic E-state index is 11.9. The van der Waals surface area contributed by atoms with Gasteiger partial charge >= 0.3 is 6.09 Å². The van der Waals surface area contributed by atoms with Gasteiger partial charge in [0, 0.05) is 13.6 Å². The Hall–Kier alpha value is -2.37. The smallest absolute Gasteiger partial charge is 0.410 e. The van der Waals surface area contributed by atoms with E-state index in [1.165, 1.54) is 4.90 Å². The fourth-order valence-corrected chi connectivity index (χ4v) is 2.22. The number of ether oxygens (including phenoxy) is 1. The van der Waals surface area contributed by atoms with Crippen LogP contribution in [0.2, 0.25) is 0 Å². The van der Waals surface area contributed by atoms with E-state index in [9.17, 15) is 14.4 Å². The first-order valence-electron chi connectivity index (χ1n) is 7.11. The fourth-order valence-electron chi connectivity index (χ4n) is 2.22. The lowest BCUT2D eigenvalue weighted by molar-refractivity contribution is 0.0300. The van der Waals surface area contributed by atoms with E-state index in [1.54, 1.807) is 46.0 Å². The molecule has 0 radical (unpaired) electrons. The van der Waals surface area contributed by atoms with Gasteiger partial charge in [-0.05, 0) is 38.8 Å². The Morgan fingerprint density at radius 1 is 1.23 bits per heavy atom. The van der Waals surface area contributed by atoms with Crippen LogP contribution in [0.25, 0.3) is 0 Å². The maximum atomic E-state index is 11.9. The minimum Gasteiger partial charge on any atom is -0.444 e. The predicted molar refractivity (Wildman–Crippen MR) is 80.8 cm³/mol. The van der Waals surface area contributed by atoms with Gasteiger partial charge in [-0.15, -0.1) is 0 Å². The molecule has 1 aliphatic rings. The average Bonchev–Trinajstić information content (AvgIpc) is 2.70. The van der Waals surface area contributed by atoms with Crippen LogP contribution in [0.5, 0.6) is 0 Å². The van der Waals surface area contributed by atoms with Crippen molar-refractivity contribution in [1.82, 2.24) is 10.2 Å². The quantitative estimate of drug-likeness (QED) is 0.866. The van der Waals surface area contributed by atoms with Gasteiger partial charge in [0.2, 0.25) is 0 Å². The first-order valence-corrected chi connectivity index (χ1v) is 7.11.